The van der Waals surface area contributed by atoms with Crippen LogP contribution in [0.25, 0.3) is 11.5 Å². The zero-order chi connectivity index (χ0) is 16.4. The van der Waals surface area contributed by atoms with E-state index < -0.39 is 0 Å². The Morgan fingerprint density at radius 1 is 1.26 bits per heavy atom. The van der Waals surface area contributed by atoms with E-state index in [-0.39, 0.29) is 6.01 Å². The average molecular weight is 395 g/mol. The maximum atomic E-state index is 6.32. The van der Waals surface area contributed by atoms with Gasteiger partial charge in [0.05, 0.1) is 9.50 Å². The summed E-state index contributed by atoms with van der Waals surface area (Å²) in [5.41, 5.74) is 8.37. The van der Waals surface area contributed by atoms with Crippen LogP contribution in [-0.4, -0.2) is 10.2 Å². The van der Waals surface area contributed by atoms with Crippen LogP contribution in [-0.2, 0) is 6.61 Å². The normalized spacial score (nSPS) is 10.7. The zero-order valence-electron chi connectivity index (χ0n) is 12.2. The number of benzene rings is 2. The molecule has 0 aliphatic heterocycles. The number of aryl methyl sites for hydroxylation is 1. The number of halogens is 2. The molecule has 0 fully saturated rings. The number of hydrogen-bond donors (Lipinski definition) is 1. The number of hydrogen-bond acceptors (Lipinski definition) is 5. The van der Waals surface area contributed by atoms with Crippen molar-refractivity contribution in [1.82, 2.24) is 10.2 Å². The number of nitrogens with zero attached hydrogens (tertiary/aromatic N) is 2. The summed E-state index contributed by atoms with van der Waals surface area (Å²) in [4.78, 5) is 0. The minimum Gasteiger partial charge on any atom is -0.486 e. The van der Waals surface area contributed by atoms with Crippen molar-refractivity contribution < 1.29 is 9.15 Å². The highest BCUT2D eigenvalue weighted by Gasteiger charge is 2.14. The fourth-order valence-corrected chi connectivity index (χ4v) is 3.06. The van der Waals surface area contributed by atoms with E-state index in [1.807, 2.05) is 31.2 Å². The van der Waals surface area contributed by atoms with Crippen molar-refractivity contribution in [3.05, 3.63) is 57.0 Å². The van der Waals surface area contributed by atoms with Crippen molar-refractivity contribution in [2.24, 2.45) is 0 Å². The van der Waals surface area contributed by atoms with Gasteiger partial charge in [-0.3, -0.25) is 0 Å². The van der Waals surface area contributed by atoms with E-state index in [0.717, 1.165) is 11.1 Å². The third kappa shape index (κ3) is 3.48. The maximum Gasteiger partial charge on any atom is 0.313 e. The number of nitrogen functional groups attached to an aromatic ring is 1. The summed E-state index contributed by atoms with van der Waals surface area (Å²) in [6.07, 6.45) is 0. The topological polar surface area (TPSA) is 74.2 Å². The molecule has 0 aliphatic carbocycles. The minimum absolute atomic E-state index is 0.00660. The summed E-state index contributed by atoms with van der Waals surface area (Å²) in [5, 5.41) is 7.92. The second-order valence-electron chi connectivity index (χ2n) is 4.93. The van der Waals surface area contributed by atoms with Gasteiger partial charge < -0.3 is 14.9 Å². The molecule has 0 aliphatic rings. The highest BCUT2D eigenvalue weighted by Crippen LogP contribution is 2.38. The third-order valence-corrected chi connectivity index (χ3v) is 4.19. The highest BCUT2D eigenvalue weighted by molar-refractivity contribution is 9.10. The van der Waals surface area contributed by atoms with Crippen LogP contribution in [0.1, 0.15) is 11.1 Å². The number of ether oxygens (including phenoxy) is 1. The molecule has 0 saturated carbocycles. The molecule has 0 radical (unpaired) electrons. The molecule has 0 saturated heterocycles. The Morgan fingerprint density at radius 2 is 2.04 bits per heavy atom. The van der Waals surface area contributed by atoms with Crippen molar-refractivity contribution in [1.29, 1.82) is 0 Å². The van der Waals surface area contributed by atoms with Crippen LogP contribution in [0.3, 0.4) is 0 Å². The van der Waals surface area contributed by atoms with Crippen molar-refractivity contribution >= 4 is 33.5 Å². The Balaban J connectivity index is 1.85. The van der Waals surface area contributed by atoms with Gasteiger partial charge in [0.25, 0.3) is 0 Å². The molecule has 0 amide bonds. The Labute approximate surface area is 146 Å². The fourth-order valence-electron chi connectivity index (χ4n) is 2.09. The fraction of sp³-hybridized carbons (Fsp3) is 0.125. The largest absolute Gasteiger partial charge is 0.486 e. The summed E-state index contributed by atoms with van der Waals surface area (Å²) < 4.78 is 11.8. The minimum atomic E-state index is 0.00660. The van der Waals surface area contributed by atoms with Gasteiger partial charge >= 0.3 is 6.01 Å². The molecule has 3 rings (SSSR count). The number of nitrogens with two attached hydrogens (primary N) is 1. The molecule has 2 N–H and O–H groups in total. The molecule has 1 heterocycles. The quantitative estimate of drug-likeness (QED) is 0.699. The van der Waals surface area contributed by atoms with Crippen LogP contribution in [0, 0.1) is 6.92 Å². The van der Waals surface area contributed by atoms with Crippen molar-refractivity contribution in [3.8, 4) is 17.2 Å². The molecule has 0 atom stereocenters. The second-order valence-corrected chi connectivity index (χ2v) is 6.19. The van der Waals surface area contributed by atoms with Gasteiger partial charge in [0.15, 0.2) is 5.75 Å². The van der Waals surface area contributed by atoms with E-state index in [1.165, 1.54) is 0 Å². The Kier molecular flexibility index (Phi) is 4.54. The zero-order valence-corrected chi connectivity index (χ0v) is 14.6. The number of rotatable bonds is 4. The first-order chi connectivity index (χ1) is 11.0. The summed E-state index contributed by atoms with van der Waals surface area (Å²) in [6.45, 7) is 2.47. The summed E-state index contributed by atoms with van der Waals surface area (Å²) >= 11 is 9.78. The lowest BCUT2D eigenvalue weighted by Crippen LogP contribution is -1.99. The molecular weight excluding hydrogens is 382 g/mol. The summed E-state index contributed by atoms with van der Waals surface area (Å²) in [5.74, 6) is 0.863. The molecule has 0 unspecified atom stereocenters. The van der Waals surface area contributed by atoms with Crippen molar-refractivity contribution in [3.63, 3.8) is 0 Å². The first-order valence-corrected chi connectivity index (χ1v) is 7.97. The van der Waals surface area contributed by atoms with Crippen molar-refractivity contribution in [2.75, 3.05) is 5.73 Å². The van der Waals surface area contributed by atoms with Crippen LogP contribution in [0.15, 0.2) is 45.3 Å². The molecule has 23 heavy (non-hydrogen) atoms. The lowest BCUT2D eigenvalue weighted by molar-refractivity contribution is 0.303. The van der Waals surface area contributed by atoms with Crippen LogP contribution in [0.4, 0.5) is 6.01 Å². The highest BCUT2D eigenvalue weighted by atomic mass is 79.9. The van der Waals surface area contributed by atoms with E-state index in [0.29, 0.717) is 33.3 Å². The standard InChI is InChI=1S/C16H13BrClN3O2/c1-9-4-2-3-5-10(9)8-22-14-12(17)6-11(7-13(14)18)15-20-21-16(19)23-15/h2-7H,8H2,1H3,(H2,19,21). The molecule has 7 heteroatoms. The van der Waals surface area contributed by atoms with E-state index in [2.05, 4.69) is 26.1 Å². The van der Waals surface area contributed by atoms with E-state index in [9.17, 15) is 0 Å². The van der Waals surface area contributed by atoms with E-state index in [4.69, 9.17) is 26.5 Å². The monoisotopic (exact) mass is 393 g/mol. The lowest BCUT2D eigenvalue weighted by atomic mass is 10.1. The summed E-state index contributed by atoms with van der Waals surface area (Å²) in [7, 11) is 0. The molecular formula is C16H13BrClN3O2. The van der Waals surface area contributed by atoms with Gasteiger partial charge in [0.1, 0.15) is 6.61 Å². The molecule has 5 nitrogen and oxygen atoms in total. The first-order valence-electron chi connectivity index (χ1n) is 6.80. The van der Waals surface area contributed by atoms with Gasteiger partial charge in [-0.25, -0.2) is 0 Å². The number of anilines is 1. The lowest BCUT2D eigenvalue weighted by Gasteiger charge is -2.12. The van der Waals surface area contributed by atoms with Crippen LogP contribution in [0.5, 0.6) is 5.75 Å². The molecule has 1 aromatic heterocycles. The average Bonchev–Trinajstić information content (AvgIpc) is 2.94. The molecule has 3 aromatic rings. The second kappa shape index (κ2) is 6.60. The Morgan fingerprint density at radius 3 is 2.70 bits per heavy atom. The van der Waals surface area contributed by atoms with Gasteiger partial charge in [-0.2, -0.15) is 0 Å². The van der Waals surface area contributed by atoms with Gasteiger partial charge in [-0.05, 0) is 46.1 Å². The Bertz CT molecular complexity index is 828. The van der Waals surface area contributed by atoms with Crippen molar-refractivity contribution in [2.45, 2.75) is 13.5 Å². The van der Waals surface area contributed by atoms with E-state index >= 15 is 0 Å². The number of aromatic nitrogens is 2. The molecule has 2 aromatic carbocycles. The molecule has 0 bridgehead atoms. The maximum absolute atomic E-state index is 6.32. The van der Waals surface area contributed by atoms with Gasteiger partial charge in [0, 0.05) is 5.56 Å². The summed E-state index contributed by atoms with van der Waals surface area (Å²) in [6, 6.07) is 11.5. The van der Waals surface area contributed by atoms with Gasteiger partial charge in [-0.1, -0.05) is 41.0 Å². The van der Waals surface area contributed by atoms with Gasteiger partial charge in [0.2, 0.25) is 5.89 Å². The predicted octanol–water partition coefficient (Wildman–Crippen LogP) is 4.62. The van der Waals surface area contributed by atoms with Crippen LogP contribution >= 0.6 is 27.5 Å². The first kappa shape index (κ1) is 15.8. The van der Waals surface area contributed by atoms with E-state index in [1.54, 1.807) is 12.1 Å². The molecule has 118 valence electrons. The van der Waals surface area contributed by atoms with Crippen LogP contribution < -0.4 is 10.5 Å². The SMILES string of the molecule is Cc1ccccc1COc1c(Cl)cc(-c2nnc(N)o2)cc1Br. The molecule has 0 spiro atoms. The smallest absolute Gasteiger partial charge is 0.313 e. The third-order valence-electron chi connectivity index (χ3n) is 3.32. The predicted molar refractivity (Wildman–Crippen MR) is 92.4 cm³/mol. The Hall–Kier alpha value is -2.05. The van der Waals surface area contributed by atoms with Crippen LogP contribution in [0.2, 0.25) is 5.02 Å². The van der Waals surface area contributed by atoms with Gasteiger partial charge in [-0.15, -0.1) is 5.10 Å².